The van der Waals surface area contributed by atoms with E-state index in [2.05, 4.69) is 30.0 Å². The van der Waals surface area contributed by atoms with Gasteiger partial charge < -0.3 is 10.6 Å². The zero-order valence-corrected chi connectivity index (χ0v) is 12.1. The minimum atomic E-state index is 0.653. The Morgan fingerprint density at radius 2 is 1.95 bits per heavy atom. The van der Waals surface area contributed by atoms with Crippen LogP contribution in [0.2, 0.25) is 0 Å². The van der Waals surface area contributed by atoms with Crippen molar-refractivity contribution < 1.29 is 0 Å². The second-order valence-corrected chi connectivity index (χ2v) is 6.38. The smallest absolute Gasteiger partial charge is 0.0414 e. The van der Waals surface area contributed by atoms with Crippen LogP contribution in [0.1, 0.15) is 43.2 Å². The van der Waals surface area contributed by atoms with Crippen LogP contribution in [0.25, 0.3) is 0 Å². The van der Waals surface area contributed by atoms with Crippen LogP contribution >= 0.6 is 0 Å². The highest BCUT2D eigenvalue weighted by Crippen LogP contribution is 2.38. The Morgan fingerprint density at radius 3 is 2.74 bits per heavy atom. The molecular weight excluding hydrogens is 232 g/mol. The molecule has 2 N–H and O–H groups in total. The van der Waals surface area contributed by atoms with E-state index in [4.69, 9.17) is 5.73 Å². The summed E-state index contributed by atoms with van der Waals surface area (Å²) in [5.74, 6) is 1.92. The van der Waals surface area contributed by atoms with Gasteiger partial charge in [0, 0.05) is 25.3 Å². The molecule has 2 unspecified atom stereocenters. The molecule has 1 aliphatic carbocycles. The van der Waals surface area contributed by atoms with Crippen molar-refractivity contribution in [3.8, 4) is 0 Å². The minimum absolute atomic E-state index is 0.653. The average Bonchev–Trinajstić information content (AvgIpc) is 2.46. The van der Waals surface area contributed by atoms with E-state index in [-0.39, 0.29) is 0 Å². The number of benzene rings is 1. The Labute approximate surface area is 117 Å². The summed E-state index contributed by atoms with van der Waals surface area (Å²) in [6, 6.07) is 6.71. The number of nitrogens with two attached hydrogens (primary N) is 1. The van der Waals surface area contributed by atoms with Crippen molar-refractivity contribution in [2.75, 3.05) is 18.0 Å². The molecule has 0 amide bonds. The Kier molecular flexibility index (Phi) is 3.79. The van der Waals surface area contributed by atoms with Gasteiger partial charge in [-0.3, -0.25) is 0 Å². The van der Waals surface area contributed by atoms with Gasteiger partial charge in [-0.05, 0) is 48.8 Å². The first-order valence-corrected chi connectivity index (χ1v) is 7.82. The number of anilines is 1. The Balaban J connectivity index is 1.80. The van der Waals surface area contributed by atoms with Gasteiger partial charge in [-0.25, -0.2) is 0 Å². The van der Waals surface area contributed by atoms with Crippen LogP contribution in [-0.4, -0.2) is 13.1 Å². The highest BCUT2D eigenvalue weighted by Gasteiger charge is 2.31. The third-order valence-electron chi connectivity index (χ3n) is 5.09. The average molecular weight is 258 g/mol. The molecule has 1 heterocycles. The lowest BCUT2D eigenvalue weighted by Gasteiger charge is -2.43. The van der Waals surface area contributed by atoms with E-state index in [1.165, 1.54) is 62.0 Å². The first-order chi connectivity index (χ1) is 9.28. The molecule has 3 rings (SSSR count). The molecular formula is C17H26N2. The van der Waals surface area contributed by atoms with Gasteiger partial charge >= 0.3 is 0 Å². The SMILES string of the molecule is Cc1ccc(CN)c(N2CCC3CCCCC3C2)c1. The van der Waals surface area contributed by atoms with E-state index < -0.39 is 0 Å². The van der Waals surface area contributed by atoms with Crippen LogP contribution in [0.4, 0.5) is 5.69 Å². The molecule has 2 fully saturated rings. The Bertz CT molecular complexity index is 441. The molecule has 1 saturated heterocycles. The molecule has 2 heteroatoms. The lowest BCUT2D eigenvalue weighted by molar-refractivity contribution is 0.202. The molecule has 1 aromatic rings. The first-order valence-electron chi connectivity index (χ1n) is 7.82. The summed E-state index contributed by atoms with van der Waals surface area (Å²) in [6.07, 6.45) is 7.18. The number of aryl methyl sites for hydroxylation is 1. The third kappa shape index (κ3) is 2.64. The fourth-order valence-electron chi connectivity index (χ4n) is 3.96. The van der Waals surface area contributed by atoms with Gasteiger partial charge in [0.2, 0.25) is 0 Å². The predicted molar refractivity (Wildman–Crippen MR) is 81.3 cm³/mol. The van der Waals surface area contributed by atoms with Gasteiger partial charge in [0.1, 0.15) is 0 Å². The van der Waals surface area contributed by atoms with Gasteiger partial charge in [-0.2, -0.15) is 0 Å². The fraction of sp³-hybridized carbons (Fsp3) is 0.647. The van der Waals surface area contributed by atoms with Gasteiger partial charge in [0.25, 0.3) is 0 Å². The van der Waals surface area contributed by atoms with Gasteiger partial charge in [0.05, 0.1) is 0 Å². The van der Waals surface area contributed by atoms with Gasteiger partial charge in [-0.1, -0.05) is 31.4 Å². The Hall–Kier alpha value is -1.02. The number of piperidine rings is 1. The van der Waals surface area contributed by atoms with Crippen molar-refractivity contribution >= 4 is 5.69 Å². The van der Waals surface area contributed by atoms with E-state index in [0.717, 1.165) is 11.8 Å². The molecule has 2 atom stereocenters. The number of hydrogen-bond acceptors (Lipinski definition) is 2. The molecule has 1 aromatic carbocycles. The monoisotopic (exact) mass is 258 g/mol. The van der Waals surface area contributed by atoms with Gasteiger partial charge in [0.15, 0.2) is 0 Å². The lowest BCUT2D eigenvalue weighted by Crippen LogP contribution is -2.42. The highest BCUT2D eigenvalue weighted by molar-refractivity contribution is 5.56. The van der Waals surface area contributed by atoms with Gasteiger partial charge in [-0.15, -0.1) is 0 Å². The van der Waals surface area contributed by atoms with Crippen molar-refractivity contribution in [2.45, 2.75) is 45.6 Å². The zero-order chi connectivity index (χ0) is 13.2. The second-order valence-electron chi connectivity index (χ2n) is 6.38. The quantitative estimate of drug-likeness (QED) is 0.880. The molecule has 0 bridgehead atoms. The highest BCUT2D eigenvalue weighted by atomic mass is 15.1. The molecule has 0 radical (unpaired) electrons. The summed E-state index contributed by atoms with van der Waals surface area (Å²) in [5, 5.41) is 0. The molecule has 0 aromatic heterocycles. The topological polar surface area (TPSA) is 29.3 Å². The Morgan fingerprint density at radius 1 is 1.16 bits per heavy atom. The summed E-state index contributed by atoms with van der Waals surface area (Å²) < 4.78 is 0. The van der Waals surface area contributed by atoms with E-state index in [1.807, 2.05) is 0 Å². The minimum Gasteiger partial charge on any atom is -0.371 e. The van der Waals surface area contributed by atoms with E-state index in [0.29, 0.717) is 6.54 Å². The summed E-state index contributed by atoms with van der Waals surface area (Å²) in [5.41, 5.74) is 9.96. The fourth-order valence-corrected chi connectivity index (χ4v) is 3.96. The summed E-state index contributed by atoms with van der Waals surface area (Å²) >= 11 is 0. The maximum Gasteiger partial charge on any atom is 0.0414 e. The van der Waals surface area contributed by atoms with Crippen molar-refractivity contribution in [1.29, 1.82) is 0 Å². The van der Waals surface area contributed by atoms with Crippen molar-refractivity contribution in [1.82, 2.24) is 0 Å². The normalized spacial score (nSPS) is 27.2. The number of fused-ring (bicyclic) bond motifs is 1. The van der Waals surface area contributed by atoms with Crippen LogP contribution in [0.3, 0.4) is 0 Å². The third-order valence-corrected chi connectivity index (χ3v) is 5.09. The number of rotatable bonds is 2. The standard InChI is InChI=1S/C17H26N2/c1-13-6-7-15(11-18)17(10-13)19-9-8-14-4-2-3-5-16(14)12-19/h6-7,10,14,16H,2-5,8-9,11-12,18H2,1H3. The van der Waals surface area contributed by atoms with Crippen LogP contribution in [0, 0.1) is 18.8 Å². The molecule has 1 saturated carbocycles. The molecule has 2 aliphatic rings. The summed E-state index contributed by atoms with van der Waals surface area (Å²) in [6.45, 7) is 5.30. The largest absolute Gasteiger partial charge is 0.371 e. The molecule has 104 valence electrons. The van der Waals surface area contributed by atoms with Crippen LogP contribution in [-0.2, 0) is 6.54 Å². The zero-order valence-electron chi connectivity index (χ0n) is 12.1. The number of hydrogen-bond donors (Lipinski definition) is 1. The second kappa shape index (κ2) is 5.54. The van der Waals surface area contributed by atoms with E-state index in [1.54, 1.807) is 0 Å². The van der Waals surface area contributed by atoms with Crippen molar-refractivity contribution in [3.63, 3.8) is 0 Å². The summed E-state index contributed by atoms with van der Waals surface area (Å²) in [7, 11) is 0. The lowest BCUT2D eigenvalue weighted by atomic mass is 9.75. The predicted octanol–water partition coefficient (Wildman–Crippen LogP) is 3.47. The number of nitrogens with zero attached hydrogens (tertiary/aromatic N) is 1. The van der Waals surface area contributed by atoms with E-state index >= 15 is 0 Å². The van der Waals surface area contributed by atoms with Crippen molar-refractivity contribution in [3.05, 3.63) is 29.3 Å². The summed E-state index contributed by atoms with van der Waals surface area (Å²) in [4.78, 5) is 2.60. The van der Waals surface area contributed by atoms with E-state index in [9.17, 15) is 0 Å². The molecule has 19 heavy (non-hydrogen) atoms. The van der Waals surface area contributed by atoms with Crippen LogP contribution in [0.15, 0.2) is 18.2 Å². The molecule has 0 spiro atoms. The van der Waals surface area contributed by atoms with Crippen LogP contribution < -0.4 is 10.6 Å². The maximum absolute atomic E-state index is 5.91. The van der Waals surface area contributed by atoms with Crippen molar-refractivity contribution in [2.24, 2.45) is 17.6 Å². The maximum atomic E-state index is 5.91. The first kappa shape index (κ1) is 13.0. The molecule has 2 nitrogen and oxygen atoms in total. The van der Waals surface area contributed by atoms with Crippen LogP contribution in [0.5, 0.6) is 0 Å². The molecule has 1 aliphatic heterocycles.